The molecule has 0 saturated carbocycles. The van der Waals surface area contributed by atoms with Gasteiger partial charge in [-0.25, -0.2) is 0 Å². The first-order chi connectivity index (χ1) is 6.43. The van der Waals surface area contributed by atoms with E-state index >= 15 is 0 Å². The highest BCUT2D eigenvalue weighted by Crippen LogP contribution is 2.25. The van der Waals surface area contributed by atoms with E-state index in [-0.39, 0.29) is 0 Å². The third-order valence-corrected chi connectivity index (χ3v) is 3.39. The van der Waals surface area contributed by atoms with Crippen molar-refractivity contribution in [1.82, 2.24) is 25.1 Å². The van der Waals surface area contributed by atoms with Crippen LogP contribution in [-0.2, 0) is 0 Å². The van der Waals surface area contributed by atoms with Gasteiger partial charge in [-0.1, -0.05) is 11.3 Å². The number of hydrogen-bond donors (Lipinski definition) is 1. The molecule has 1 atom stereocenters. The zero-order chi connectivity index (χ0) is 8.67. The lowest BCUT2D eigenvalue weighted by molar-refractivity contribution is 0.729. The van der Waals surface area contributed by atoms with Gasteiger partial charge in [-0.3, -0.25) is 0 Å². The van der Waals surface area contributed by atoms with Crippen molar-refractivity contribution in [2.24, 2.45) is 0 Å². The molecule has 2 aromatic heterocycles. The van der Waals surface area contributed by atoms with E-state index in [1.807, 2.05) is 0 Å². The maximum Gasteiger partial charge on any atom is 0.234 e. The van der Waals surface area contributed by atoms with Gasteiger partial charge in [0.15, 0.2) is 0 Å². The minimum atomic E-state index is 0.576. The minimum Gasteiger partial charge on any atom is -0.316 e. The monoisotopic (exact) mass is 195 g/mol. The number of rotatable bonds is 1. The van der Waals surface area contributed by atoms with Crippen molar-refractivity contribution in [3.05, 3.63) is 11.3 Å². The molecule has 3 heterocycles. The molecule has 0 aromatic carbocycles. The zero-order valence-electron chi connectivity index (χ0n) is 6.97. The summed E-state index contributed by atoms with van der Waals surface area (Å²) < 4.78 is 1.75. The van der Waals surface area contributed by atoms with Gasteiger partial charge in [0.1, 0.15) is 11.3 Å². The maximum absolute atomic E-state index is 4.42. The Bertz CT molecular complexity index is 385. The molecule has 1 aliphatic heterocycles. The topological polar surface area (TPSA) is 55.1 Å². The van der Waals surface area contributed by atoms with Gasteiger partial charge in [-0.2, -0.15) is 9.61 Å². The highest BCUT2D eigenvalue weighted by atomic mass is 32.1. The number of hydrogen-bond acceptors (Lipinski definition) is 5. The summed E-state index contributed by atoms with van der Waals surface area (Å²) in [6.45, 7) is 2.15. The lowest BCUT2D eigenvalue weighted by Crippen LogP contribution is -2.07. The zero-order valence-corrected chi connectivity index (χ0v) is 7.79. The molecule has 1 unspecified atom stereocenters. The Hall–Kier alpha value is -1.01. The van der Waals surface area contributed by atoms with Gasteiger partial charge in [0, 0.05) is 12.5 Å². The van der Waals surface area contributed by atoms with Crippen LogP contribution >= 0.6 is 11.3 Å². The largest absolute Gasteiger partial charge is 0.316 e. The first kappa shape index (κ1) is 7.40. The van der Waals surface area contributed by atoms with E-state index in [0.29, 0.717) is 5.92 Å². The smallest absolute Gasteiger partial charge is 0.234 e. The highest BCUT2D eigenvalue weighted by molar-refractivity contribution is 7.16. The Kier molecular flexibility index (Phi) is 1.56. The van der Waals surface area contributed by atoms with Gasteiger partial charge in [0.25, 0.3) is 0 Å². The molecule has 0 bridgehead atoms. The van der Waals surface area contributed by atoms with Crippen LogP contribution in [0.25, 0.3) is 4.96 Å². The first-order valence-corrected chi connectivity index (χ1v) is 5.12. The van der Waals surface area contributed by atoms with E-state index in [4.69, 9.17) is 0 Å². The van der Waals surface area contributed by atoms with E-state index in [2.05, 4.69) is 20.6 Å². The quantitative estimate of drug-likeness (QED) is 0.709. The van der Waals surface area contributed by atoms with Crippen LogP contribution in [0.5, 0.6) is 0 Å². The maximum atomic E-state index is 4.42. The molecule has 1 saturated heterocycles. The highest BCUT2D eigenvalue weighted by Gasteiger charge is 2.20. The summed E-state index contributed by atoms with van der Waals surface area (Å²) in [5, 5.41) is 16.7. The summed E-state index contributed by atoms with van der Waals surface area (Å²) in [7, 11) is 0. The van der Waals surface area contributed by atoms with Crippen LogP contribution in [0.2, 0.25) is 0 Å². The molecule has 3 rings (SSSR count). The van der Waals surface area contributed by atoms with Crippen molar-refractivity contribution in [3.63, 3.8) is 0 Å². The molecular weight excluding hydrogens is 186 g/mol. The fourth-order valence-electron chi connectivity index (χ4n) is 1.61. The van der Waals surface area contributed by atoms with E-state index in [9.17, 15) is 0 Å². The van der Waals surface area contributed by atoms with Gasteiger partial charge in [0.05, 0.1) is 0 Å². The summed E-state index contributed by atoms with van der Waals surface area (Å²) in [6.07, 6.45) is 2.84. The molecule has 0 radical (unpaired) electrons. The SMILES string of the molecule is c1nnc2sc(C3CCNC3)nn12. The normalized spacial score (nSPS) is 22.9. The lowest BCUT2D eigenvalue weighted by Gasteiger charge is -1.99. The van der Waals surface area contributed by atoms with Crippen molar-refractivity contribution >= 4 is 16.3 Å². The third kappa shape index (κ3) is 1.13. The average Bonchev–Trinajstić information content (AvgIpc) is 2.78. The molecule has 1 N–H and O–H groups in total. The fourth-order valence-corrected chi connectivity index (χ4v) is 2.56. The van der Waals surface area contributed by atoms with Crippen LogP contribution in [0.3, 0.4) is 0 Å². The molecule has 1 fully saturated rings. The second-order valence-corrected chi connectivity index (χ2v) is 4.18. The van der Waals surface area contributed by atoms with Crippen molar-refractivity contribution < 1.29 is 0 Å². The van der Waals surface area contributed by atoms with Crippen molar-refractivity contribution in [3.8, 4) is 0 Å². The first-order valence-electron chi connectivity index (χ1n) is 4.31. The molecule has 13 heavy (non-hydrogen) atoms. The summed E-state index contributed by atoms with van der Waals surface area (Å²) in [5.41, 5.74) is 0. The minimum absolute atomic E-state index is 0.576. The second-order valence-electron chi connectivity index (χ2n) is 3.19. The molecule has 0 aliphatic carbocycles. The van der Waals surface area contributed by atoms with Crippen molar-refractivity contribution in [1.29, 1.82) is 0 Å². The summed E-state index contributed by atoms with van der Waals surface area (Å²) >= 11 is 1.64. The molecule has 68 valence electrons. The Balaban J connectivity index is 2.02. The van der Waals surface area contributed by atoms with Crippen LogP contribution in [0.1, 0.15) is 17.3 Å². The van der Waals surface area contributed by atoms with Gasteiger partial charge in [-0.15, -0.1) is 10.2 Å². The Morgan fingerprint density at radius 1 is 1.62 bits per heavy atom. The molecule has 0 amide bonds. The third-order valence-electron chi connectivity index (χ3n) is 2.31. The summed E-state index contributed by atoms with van der Waals surface area (Å²) in [6, 6.07) is 0. The van der Waals surface area contributed by atoms with Gasteiger partial charge in [-0.05, 0) is 13.0 Å². The lowest BCUT2D eigenvalue weighted by atomic mass is 10.1. The van der Waals surface area contributed by atoms with Gasteiger partial charge in [0.2, 0.25) is 4.96 Å². The Morgan fingerprint density at radius 3 is 3.38 bits per heavy atom. The summed E-state index contributed by atoms with van der Waals surface area (Å²) in [4.78, 5) is 0.891. The van der Waals surface area contributed by atoms with Crippen LogP contribution in [0.15, 0.2) is 6.33 Å². The van der Waals surface area contributed by atoms with Crippen LogP contribution in [0.4, 0.5) is 0 Å². The van der Waals surface area contributed by atoms with E-state index in [1.54, 1.807) is 22.2 Å². The number of aromatic nitrogens is 4. The molecule has 0 spiro atoms. The molecule has 5 nitrogen and oxygen atoms in total. The molecule has 1 aliphatic rings. The standard InChI is InChI=1S/C7H9N5S/c1-2-8-3-5(1)6-11-12-4-9-10-7(12)13-6/h4-5,8H,1-3H2. The Morgan fingerprint density at radius 2 is 2.62 bits per heavy atom. The van der Waals surface area contributed by atoms with Gasteiger partial charge >= 0.3 is 0 Å². The van der Waals surface area contributed by atoms with Gasteiger partial charge < -0.3 is 5.32 Å². The predicted molar refractivity (Wildman–Crippen MR) is 48.9 cm³/mol. The molecular formula is C7H9N5S. The number of fused-ring (bicyclic) bond motifs is 1. The molecule has 6 heteroatoms. The van der Waals surface area contributed by atoms with E-state index < -0.39 is 0 Å². The molecule has 2 aromatic rings. The van der Waals surface area contributed by atoms with Crippen molar-refractivity contribution in [2.75, 3.05) is 13.1 Å². The predicted octanol–water partition coefficient (Wildman–Crippen LogP) is 0.263. The fraction of sp³-hybridized carbons (Fsp3) is 0.571. The number of nitrogens with zero attached hydrogens (tertiary/aromatic N) is 4. The second kappa shape index (κ2) is 2.74. The number of nitrogens with one attached hydrogen (secondary N) is 1. The van der Waals surface area contributed by atoms with E-state index in [1.165, 1.54) is 11.4 Å². The van der Waals surface area contributed by atoms with Crippen LogP contribution < -0.4 is 5.32 Å². The van der Waals surface area contributed by atoms with Crippen LogP contribution in [0, 0.1) is 0 Å². The van der Waals surface area contributed by atoms with E-state index in [0.717, 1.165) is 18.1 Å². The average molecular weight is 195 g/mol. The van der Waals surface area contributed by atoms with Crippen LogP contribution in [-0.4, -0.2) is 32.9 Å². The Labute approximate surface area is 78.8 Å². The summed E-state index contributed by atoms with van der Waals surface area (Å²) in [5.74, 6) is 0.576. The van der Waals surface area contributed by atoms with Crippen molar-refractivity contribution in [2.45, 2.75) is 12.3 Å².